The first-order valence-corrected chi connectivity index (χ1v) is 10.8. The number of aromatic nitrogens is 2. The summed E-state index contributed by atoms with van der Waals surface area (Å²) in [6.45, 7) is 2.91. The molecule has 0 bridgehead atoms. The summed E-state index contributed by atoms with van der Waals surface area (Å²) in [7, 11) is 1.48. The number of carbonyl (C=O) groups excluding carboxylic acids is 2. The van der Waals surface area contributed by atoms with E-state index < -0.39 is 30.2 Å². The van der Waals surface area contributed by atoms with E-state index in [0.29, 0.717) is 22.7 Å². The van der Waals surface area contributed by atoms with Crippen molar-refractivity contribution in [2.75, 3.05) is 19.5 Å². The van der Waals surface area contributed by atoms with E-state index in [2.05, 4.69) is 15.5 Å². The number of benzene rings is 1. The Hall–Kier alpha value is -2.63. The van der Waals surface area contributed by atoms with Crippen LogP contribution in [0.4, 0.5) is 0 Å². The molecule has 0 radical (unpaired) electrons. The quantitative estimate of drug-likeness (QED) is 0.588. The molecule has 2 aromatic rings. The predicted molar refractivity (Wildman–Crippen MR) is 111 cm³/mol. The van der Waals surface area contributed by atoms with E-state index >= 15 is 0 Å². The SMILES string of the molecule is COc1ccc2c(c1C)C(=O)O[C@H](CO)CCC(=O)N[C@H](c1nc(C)no1)CSC2O. The fourth-order valence-corrected chi connectivity index (χ4v) is 4.25. The number of aliphatic hydroxyl groups is 2. The maximum atomic E-state index is 12.9. The third-order valence-electron chi connectivity index (χ3n) is 4.91. The Morgan fingerprint density at radius 3 is 2.74 bits per heavy atom. The smallest absolute Gasteiger partial charge is 0.339 e. The highest BCUT2D eigenvalue weighted by Crippen LogP contribution is 2.36. The summed E-state index contributed by atoms with van der Waals surface area (Å²) in [4.78, 5) is 29.6. The molecule has 1 aromatic heterocycles. The number of esters is 1. The van der Waals surface area contributed by atoms with Crippen LogP contribution in [0.25, 0.3) is 0 Å². The van der Waals surface area contributed by atoms with Gasteiger partial charge in [0.05, 0.1) is 19.3 Å². The average Bonchev–Trinajstić information content (AvgIpc) is 3.18. The average molecular weight is 452 g/mol. The van der Waals surface area contributed by atoms with Gasteiger partial charge in [0.1, 0.15) is 23.3 Å². The summed E-state index contributed by atoms with van der Waals surface area (Å²) in [5.74, 6) is 0.294. The van der Waals surface area contributed by atoms with Gasteiger partial charge in [-0.25, -0.2) is 4.79 Å². The zero-order valence-electron chi connectivity index (χ0n) is 17.5. The third-order valence-corrected chi connectivity index (χ3v) is 6.00. The van der Waals surface area contributed by atoms with Gasteiger partial charge in [0.2, 0.25) is 11.8 Å². The number of cyclic esters (lactones) is 1. The lowest BCUT2D eigenvalue weighted by Crippen LogP contribution is -2.32. The van der Waals surface area contributed by atoms with Crippen molar-refractivity contribution in [1.29, 1.82) is 0 Å². The molecule has 0 aliphatic carbocycles. The maximum Gasteiger partial charge on any atom is 0.339 e. The van der Waals surface area contributed by atoms with Gasteiger partial charge >= 0.3 is 5.97 Å². The topological polar surface area (TPSA) is 144 Å². The number of hydrogen-bond acceptors (Lipinski definition) is 10. The number of aryl methyl sites for hydroxylation is 1. The molecule has 3 rings (SSSR count). The number of ether oxygens (including phenoxy) is 2. The Labute approximate surface area is 183 Å². The normalized spacial score (nSPS) is 22.9. The minimum atomic E-state index is -1.11. The number of nitrogens with zero attached hydrogens (tertiary/aromatic N) is 2. The first kappa shape index (κ1) is 23.0. The van der Waals surface area contributed by atoms with Gasteiger partial charge in [0, 0.05) is 23.3 Å². The second-order valence-corrected chi connectivity index (χ2v) is 8.20. The molecule has 1 unspecified atom stereocenters. The molecule has 0 spiro atoms. The Balaban J connectivity index is 1.99. The molecule has 2 heterocycles. The van der Waals surface area contributed by atoms with Crippen LogP contribution >= 0.6 is 11.8 Å². The number of hydrogen-bond donors (Lipinski definition) is 3. The number of methoxy groups -OCH3 is 1. The number of rotatable bonds is 3. The molecule has 1 aromatic carbocycles. The summed E-state index contributed by atoms with van der Waals surface area (Å²) in [6, 6.07) is 2.62. The monoisotopic (exact) mass is 451 g/mol. The highest BCUT2D eigenvalue weighted by molar-refractivity contribution is 7.99. The summed E-state index contributed by atoms with van der Waals surface area (Å²) in [6.07, 6.45) is -0.747. The van der Waals surface area contributed by atoms with Crippen molar-refractivity contribution < 1.29 is 33.8 Å². The van der Waals surface area contributed by atoms with E-state index in [1.54, 1.807) is 26.0 Å². The van der Waals surface area contributed by atoms with E-state index in [1.165, 1.54) is 7.11 Å². The molecule has 0 fully saturated rings. The molecule has 11 heteroatoms. The third kappa shape index (κ3) is 5.35. The van der Waals surface area contributed by atoms with Gasteiger partial charge in [0.15, 0.2) is 5.82 Å². The van der Waals surface area contributed by atoms with Crippen LogP contribution in [0.2, 0.25) is 0 Å². The zero-order valence-corrected chi connectivity index (χ0v) is 18.3. The van der Waals surface area contributed by atoms with Crippen LogP contribution in [0.3, 0.4) is 0 Å². The minimum absolute atomic E-state index is 0.0132. The molecular formula is C20H25N3O7S. The second kappa shape index (κ2) is 10.1. The lowest BCUT2D eigenvalue weighted by molar-refractivity contribution is -0.122. The van der Waals surface area contributed by atoms with Gasteiger partial charge in [-0.1, -0.05) is 11.2 Å². The van der Waals surface area contributed by atoms with E-state index in [4.69, 9.17) is 14.0 Å². The van der Waals surface area contributed by atoms with Crippen molar-refractivity contribution in [3.8, 4) is 5.75 Å². The number of nitrogens with one attached hydrogen (secondary N) is 1. The second-order valence-electron chi connectivity index (χ2n) is 7.09. The fourth-order valence-electron chi connectivity index (χ4n) is 3.27. The van der Waals surface area contributed by atoms with Crippen molar-refractivity contribution in [1.82, 2.24) is 15.5 Å². The summed E-state index contributed by atoms with van der Waals surface area (Å²) >= 11 is 1.10. The summed E-state index contributed by atoms with van der Waals surface area (Å²) in [5.41, 5.74) is -0.0871. The summed E-state index contributed by atoms with van der Waals surface area (Å²) < 4.78 is 16.0. The van der Waals surface area contributed by atoms with Gasteiger partial charge < -0.3 is 29.5 Å². The number of aliphatic hydroxyl groups excluding tert-OH is 2. The highest BCUT2D eigenvalue weighted by atomic mass is 32.2. The van der Waals surface area contributed by atoms with Crippen molar-refractivity contribution in [2.45, 2.75) is 44.3 Å². The molecule has 1 amide bonds. The Morgan fingerprint density at radius 1 is 1.32 bits per heavy atom. The first-order valence-electron chi connectivity index (χ1n) is 9.72. The molecule has 1 aliphatic heterocycles. The predicted octanol–water partition coefficient (Wildman–Crippen LogP) is 1.59. The van der Waals surface area contributed by atoms with Crippen molar-refractivity contribution >= 4 is 23.6 Å². The molecule has 1 aliphatic rings. The lowest BCUT2D eigenvalue weighted by Gasteiger charge is -2.21. The van der Waals surface area contributed by atoms with E-state index in [1.807, 2.05) is 0 Å². The van der Waals surface area contributed by atoms with Gasteiger partial charge in [-0.15, -0.1) is 11.8 Å². The van der Waals surface area contributed by atoms with Crippen molar-refractivity contribution in [2.24, 2.45) is 0 Å². The van der Waals surface area contributed by atoms with Crippen LogP contribution in [0.5, 0.6) is 5.75 Å². The van der Waals surface area contributed by atoms with Gasteiger partial charge in [0.25, 0.3) is 0 Å². The first-order chi connectivity index (χ1) is 14.8. The van der Waals surface area contributed by atoms with Gasteiger partial charge in [-0.3, -0.25) is 4.79 Å². The van der Waals surface area contributed by atoms with Crippen LogP contribution < -0.4 is 10.1 Å². The molecule has 0 saturated heterocycles. The van der Waals surface area contributed by atoms with Crippen LogP contribution in [0, 0.1) is 13.8 Å². The van der Waals surface area contributed by atoms with Crippen LogP contribution in [-0.4, -0.2) is 57.8 Å². The molecule has 3 N–H and O–H groups in total. The molecular weight excluding hydrogens is 426 g/mol. The molecule has 10 nitrogen and oxygen atoms in total. The standard InChI is InChI=1S/C20H25N3O7S/c1-10-15(28-3)6-5-13-17(10)19(26)29-12(8-24)4-7-16(25)22-14(9-31-20(13)27)18-21-11(2)23-30-18/h5-6,12,14,20,24,27H,4,7-9H2,1-3H3,(H,22,25)/t12-,14-,20?/m0/s1. The van der Waals surface area contributed by atoms with E-state index in [0.717, 1.165) is 11.8 Å². The van der Waals surface area contributed by atoms with Crippen LogP contribution in [0.15, 0.2) is 16.7 Å². The Morgan fingerprint density at radius 2 is 2.10 bits per heavy atom. The minimum Gasteiger partial charge on any atom is -0.496 e. The Kier molecular flexibility index (Phi) is 7.52. The van der Waals surface area contributed by atoms with Crippen molar-refractivity contribution in [3.63, 3.8) is 0 Å². The van der Waals surface area contributed by atoms with Crippen LogP contribution in [-0.2, 0) is 9.53 Å². The van der Waals surface area contributed by atoms with Gasteiger partial charge in [-0.05, 0) is 26.3 Å². The van der Waals surface area contributed by atoms with Crippen molar-refractivity contribution in [3.05, 3.63) is 40.5 Å². The summed E-state index contributed by atoms with van der Waals surface area (Å²) in [5, 5.41) is 27.1. The van der Waals surface area contributed by atoms with Crippen LogP contribution in [0.1, 0.15) is 57.5 Å². The van der Waals surface area contributed by atoms with E-state index in [-0.39, 0.29) is 36.0 Å². The largest absolute Gasteiger partial charge is 0.496 e. The number of amides is 1. The van der Waals surface area contributed by atoms with Gasteiger partial charge in [-0.2, -0.15) is 4.98 Å². The number of fused-ring (bicyclic) bond motifs is 1. The Bertz CT molecular complexity index is 949. The lowest BCUT2D eigenvalue weighted by atomic mass is 10.0. The van der Waals surface area contributed by atoms with E-state index in [9.17, 15) is 19.8 Å². The number of carbonyl (C=O) groups is 2. The maximum absolute atomic E-state index is 12.9. The number of thioether (sulfide) groups is 1. The molecule has 31 heavy (non-hydrogen) atoms. The zero-order chi connectivity index (χ0) is 22.5. The molecule has 0 saturated carbocycles. The molecule has 168 valence electrons. The highest BCUT2D eigenvalue weighted by Gasteiger charge is 2.29. The molecule has 3 atom stereocenters. The fraction of sp³-hybridized carbons (Fsp3) is 0.500.